The van der Waals surface area contributed by atoms with Crippen LogP contribution in [0.1, 0.15) is 29.8 Å². The number of pyridine rings is 1. The summed E-state index contributed by atoms with van der Waals surface area (Å²) in [5, 5.41) is 12.4. The Hall–Kier alpha value is -2.40. The normalized spacial score (nSPS) is 13.2. The molecule has 1 aromatic heterocycles. The van der Waals surface area contributed by atoms with E-state index in [1.165, 1.54) is 4.90 Å². The molecule has 0 saturated heterocycles. The smallest absolute Gasteiger partial charge is 0.318 e. The summed E-state index contributed by atoms with van der Waals surface area (Å²) in [5.41, 5.74) is 2.87. The van der Waals surface area contributed by atoms with Gasteiger partial charge >= 0.3 is 6.03 Å². The molecule has 0 aliphatic rings. The van der Waals surface area contributed by atoms with Crippen molar-refractivity contribution < 1.29 is 9.90 Å². The summed E-state index contributed by atoms with van der Waals surface area (Å²) in [7, 11) is 1.66. The van der Waals surface area contributed by atoms with Gasteiger partial charge < -0.3 is 15.3 Å². The molecule has 2 N–H and O–H groups in total. The number of urea groups is 1. The molecule has 2 aromatic rings. The highest BCUT2D eigenvalue weighted by atomic mass is 16.3. The Morgan fingerprint density at radius 3 is 2.70 bits per heavy atom. The summed E-state index contributed by atoms with van der Waals surface area (Å²) >= 11 is 0. The number of nitrogens with zero attached hydrogens (tertiary/aromatic N) is 2. The van der Waals surface area contributed by atoms with E-state index in [-0.39, 0.29) is 18.6 Å². The van der Waals surface area contributed by atoms with Crippen LogP contribution in [0.15, 0.2) is 48.7 Å². The maximum absolute atomic E-state index is 12.4. The Morgan fingerprint density at radius 1 is 1.30 bits per heavy atom. The minimum atomic E-state index is -0.571. The fourth-order valence-corrected chi connectivity index (χ4v) is 2.44. The second-order valence-corrected chi connectivity index (χ2v) is 5.78. The van der Waals surface area contributed by atoms with Crippen LogP contribution in [-0.4, -0.2) is 40.7 Å². The van der Waals surface area contributed by atoms with E-state index in [0.717, 1.165) is 16.8 Å². The van der Waals surface area contributed by atoms with Gasteiger partial charge in [0.25, 0.3) is 0 Å². The monoisotopic (exact) mass is 313 g/mol. The van der Waals surface area contributed by atoms with Gasteiger partial charge in [0.2, 0.25) is 0 Å². The quantitative estimate of drug-likeness (QED) is 0.891. The number of aliphatic hydroxyl groups is 1. The minimum absolute atomic E-state index is 0.247. The van der Waals surface area contributed by atoms with Gasteiger partial charge in [-0.1, -0.05) is 35.9 Å². The van der Waals surface area contributed by atoms with Crippen molar-refractivity contribution in [2.45, 2.75) is 26.0 Å². The lowest BCUT2D eigenvalue weighted by Gasteiger charge is -2.24. The molecule has 0 radical (unpaired) electrons. The molecule has 0 aliphatic carbocycles. The number of aromatic nitrogens is 1. The molecule has 5 heteroatoms. The highest BCUT2D eigenvalue weighted by Crippen LogP contribution is 2.21. The Balaban J connectivity index is 2.26. The Bertz CT molecular complexity index is 644. The van der Waals surface area contributed by atoms with Crippen LogP contribution in [0.3, 0.4) is 0 Å². The van der Waals surface area contributed by atoms with Crippen LogP contribution in [0, 0.1) is 6.92 Å². The summed E-state index contributed by atoms with van der Waals surface area (Å²) in [6.07, 6.45) is 1.14. The predicted molar refractivity (Wildman–Crippen MR) is 90.1 cm³/mol. The van der Waals surface area contributed by atoms with Crippen LogP contribution >= 0.6 is 0 Å². The van der Waals surface area contributed by atoms with Gasteiger partial charge in [0.15, 0.2) is 0 Å². The zero-order valence-corrected chi connectivity index (χ0v) is 13.7. The number of likely N-dealkylation sites (N-methyl/N-ethyl adjacent to an activating group) is 1. The van der Waals surface area contributed by atoms with Crippen LogP contribution in [0.2, 0.25) is 0 Å². The SMILES string of the molecule is Cc1cccc(C(NC(=O)N(C)CC(C)O)c2ccccn2)c1. The van der Waals surface area contributed by atoms with Crippen molar-refractivity contribution in [3.05, 3.63) is 65.5 Å². The Kier molecular flexibility index (Phi) is 5.71. The first-order valence-corrected chi connectivity index (χ1v) is 7.64. The van der Waals surface area contributed by atoms with Crippen molar-refractivity contribution >= 4 is 6.03 Å². The second kappa shape index (κ2) is 7.74. The van der Waals surface area contributed by atoms with Crippen LogP contribution in [0.5, 0.6) is 0 Å². The second-order valence-electron chi connectivity index (χ2n) is 5.78. The zero-order valence-electron chi connectivity index (χ0n) is 13.7. The first-order chi connectivity index (χ1) is 11.0. The average molecular weight is 313 g/mol. The topological polar surface area (TPSA) is 65.5 Å². The van der Waals surface area contributed by atoms with Crippen molar-refractivity contribution in [3.8, 4) is 0 Å². The van der Waals surface area contributed by atoms with E-state index in [1.807, 2.05) is 49.4 Å². The third-order valence-electron chi connectivity index (χ3n) is 3.51. The van der Waals surface area contributed by atoms with Gasteiger partial charge in [-0.15, -0.1) is 0 Å². The molecular weight excluding hydrogens is 290 g/mol. The molecule has 122 valence electrons. The summed E-state index contributed by atoms with van der Waals surface area (Å²) in [6, 6.07) is 13.0. The number of hydrogen-bond acceptors (Lipinski definition) is 3. The standard InChI is InChI=1S/C18H23N3O2/c1-13-7-6-8-15(11-13)17(16-9-4-5-10-19-16)20-18(23)21(3)12-14(2)22/h4-11,14,17,22H,12H2,1-3H3,(H,20,23). The molecule has 2 rings (SSSR count). The molecule has 2 amide bonds. The molecule has 0 saturated carbocycles. The molecule has 0 aliphatic heterocycles. The van der Waals surface area contributed by atoms with Crippen LogP contribution in [-0.2, 0) is 0 Å². The van der Waals surface area contributed by atoms with Crippen LogP contribution in [0.4, 0.5) is 4.79 Å². The number of amides is 2. The van der Waals surface area contributed by atoms with E-state index < -0.39 is 6.10 Å². The summed E-state index contributed by atoms with van der Waals surface area (Å²) in [4.78, 5) is 18.2. The first kappa shape index (κ1) is 17.0. The summed E-state index contributed by atoms with van der Waals surface area (Å²) in [5.74, 6) is 0. The third-order valence-corrected chi connectivity index (χ3v) is 3.51. The largest absolute Gasteiger partial charge is 0.392 e. The number of hydrogen-bond donors (Lipinski definition) is 2. The molecule has 23 heavy (non-hydrogen) atoms. The highest BCUT2D eigenvalue weighted by molar-refractivity contribution is 5.75. The number of carbonyl (C=O) groups excluding carboxylic acids is 1. The summed E-state index contributed by atoms with van der Waals surface area (Å²) in [6.45, 7) is 3.94. The van der Waals surface area contributed by atoms with Crippen molar-refractivity contribution in [3.63, 3.8) is 0 Å². The van der Waals surface area contributed by atoms with E-state index in [1.54, 1.807) is 20.2 Å². The van der Waals surface area contributed by atoms with Gasteiger partial charge in [0.05, 0.1) is 17.8 Å². The van der Waals surface area contributed by atoms with Gasteiger partial charge in [-0.25, -0.2) is 4.79 Å². The maximum atomic E-state index is 12.4. The average Bonchev–Trinajstić information content (AvgIpc) is 2.52. The van der Waals surface area contributed by atoms with Crippen molar-refractivity contribution in [2.24, 2.45) is 0 Å². The predicted octanol–water partition coefficient (Wildman–Crippen LogP) is 2.50. The van der Waals surface area contributed by atoms with Gasteiger partial charge in [-0.3, -0.25) is 4.98 Å². The Labute approximate surface area is 137 Å². The van der Waals surface area contributed by atoms with Gasteiger partial charge in [-0.05, 0) is 31.5 Å². The summed E-state index contributed by atoms with van der Waals surface area (Å²) < 4.78 is 0. The number of benzene rings is 1. The molecule has 0 bridgehead atoms. The van der Waals surface area contributed by atoms with E-state index in [4.69, 9.17) is 0 Å². The third kappa shape index (κ3) is 4.79. The number of nitrogens with one attached hydrogen (secondary N) is 1. The number of carbonyl (C=O) groups is 1. The molecular formula is C18H23N3O2. The number of rotatable bonds is 5. The van der Waals surface area contributed by atoms with Gasteiger partial charge in [0.1, 0.15) is 0 Å². The maximum Gasteiger partial charge on any atom is 0.318 e. The van der Waals surface area contributed by atoms with E-state index in [0.29, 0.717) is 0 Å². The van der Waals surface area contributed by atoms with E-state index >= 15 is 0 Å². The molecule has 1 aromatic carbocycles. The van der Waals surface area contributed by atoms with Gasteiger partial charge in [-0.2, -0.15) is 0 Å². The fraction of sp³-hybridized carbons (Fsp3) is 0.333. The first-order valence-electron chi connectivity index (χ1n) is 7.64. The van der Waals surface area contributed by atoms with Gasteiger partial charge in [0, 0.05) is 19.8 Å². The molecule has 5 nitrogen and oxygen atoms in total. The zero-order chi connectivity index (χ0) is 16.8. The molecule has 2 unspecified atom stereocenters. The fourth-order valence-electron chi connectivity index (χ4n) is 2.44. The van der Waals surface area contributed by atoms with Crippen molar-refractivity contribution in [1.82, 2.24) is 15.2 Å². The van der Waals surface area contributed by atoms with Crippen LogP contribution < -0.4 is 5.32 Å². The lowest BCUT2D eigenvalue weighted by molar-refractivity contribution is 0.143. The van der Waals surface area contributed by atoms with Crippen LogP contribution in [0.25, 0.3) is 0 Å². The molecule has 0 spiro atoms. The molecule has 2 atom stereocenters. The highest BCUT2D eigenvalue weighted by Gasteiger charge is 2.20. The number of aryl methyl sites for hydroxylation is 1. The molecule has 1 heterocycles. The lowest BCUT2D eigenvalue weighted by atomic mass is 10.0. The minimum Gasteiger partial charge on any atom is -0.392 e. The van der Waals surface area contributed by atoms with Crippen molar-refractivity contribution in [1.29, 1.82) is 0 Å². The van der Waals surface area contributed by atoms with E-state index in [2.05, 4.69) is 10.3 Å². The van der Waals surface area contributed by atoms with E-state index in [9.17, 15) is 9.90 Å². The number of aliphatic hydroxyl groups excluding tert-OH is 1. The lowest BCUT2D eigenvalue weighted by Crippen LogP contribution is -2.42. The Morgan fingerprint density at radius 2 is 2.09 bits per heavy atom. The molecule has 0 fully saturated rings. The van der Waals surface area contributed by atoms with Crippen molar-refractivity contribution in [2.75, 3.05) is 13.6 Å².